The van der Waals surface area contributed by atoms with Gasteiger partial charge in [-0.15, -0.1) is 0 Å². The number of nitrogens with two attached hydrogens (primary N) is 7. The summed E-state index contributed by atoms with van der Waals surface area (Å²) in [5.41, 5.74) is 40.2. The minimum Gasteiger partial charge on any atom is -0.480 e. The maximum absolute atomic E-state index is 14.5. The highest BCUT2D eigenvalue weighted by molar-refractivity contribution is 7.98. The number of halogens is 3. The molecule has 0 saturated carbocycles. The number of likely N-dealkylation sites (tertiary alicyclic amines) is 3. The van der Waals surface area contributed by atoms with Crippen molar-refractivity contribution in [3.05, 3.63) is 54.1 Å². The molecular weight excluding hydrogens is 1550 g/mol. The Labute approximate surface area is 671 Å². The number of rotatable bonds is 47. The number of aliphatic hydroxyl groups is 1. The van der Waals surface area contributed by atoms with Gasteiger partial charge in [0.15, 0.2) is 11.9 Å². The van der Waals surface area contributed by atoms with E-state index in [0.29, 0.717) is 49.1 Å². The number of carbonyl (C=O) groups excluding carboxylic acids is 13. The second-order valence-corrected chi connectivity index (χ2v) is 29.3. The Kier molecular flexibility index (Phi) is 41.8. The van der Waals surface area contributed by atoms with Crippen molar-refractivity contribution in [2.75, 3.05) is 64.4 Å². The predicted molar refractivity (Wildman–Crippen MR) is 415 cm³/mol. The number of aromatic nitrogens is 2. The highest BCUT2D eigenvalue weighted by atomic mass is 32.2. The highest BCUT2D eigenvalue weighted by Crippen LogP contribution is 2.25. The molecule has 0 unspecified atom stereocenters. The Morgan fingerprint density at radius 3 is 1.53 bits per heavy atom. The van der Waals surface area contributed by atoms with Gasteiger partial charge in [-0.1, -0.05) is 44.2 Å². The van der Waals surface area contributed by atoms with Crippen LogP contribution in [0.3, 0.4) is 0 Å². The second kappa shape index (κ2) is 49.7. The van der Waals surface area contributed by atoms with E-state index in [-0.39, 0.29) is 147 Å². The van der Waals surface area contributed by atoms with Crippen LogP contribution in [-0.2, 0) is 84.8 Å². The van der Waals surface area contributed by atoms with Crippen LogP contribution in [0.5, 0.6) is 0 Å². The van der Waals surface area contributed by atoms with Crippen LogP contribution in [0.2, 0.25) is 0 Å². The lowest BCUT2D eigenvalue weighted by Crippen LogP contribution is -2.61. The molecule has 45 heteroatoms. The lowest BCUT2D eigenvalue weighted by Gasteiger charge is -2.31. The number of carboxylic acids is 2. The molecule has 1 aromatic heterocycles. The van der Waals surface area contributed by atoms with Gasteiger partial charge < -0.3 is 123 Å². The molecule has 3 fully saturated rings. The van der Waals surface area contributed by atoms with E-state index >= 15 is 0 Å². The number of aromatic amines is 1. The zero-order valence-electron chi connectivity index (χ0n) is 65.1. The van der Waals surface area contributed by atoms with E-state index in [0.717, 1.165) is 0 Å². The predicted octanol–water partition coefficient (Wildman–Crippen LogP) is -5.50. The number of aliphatic carboxylic acids is 2. The number of H-pyrrole nitrogens is 1. The van der Waals surface area contributed by atoms with Crippen LogP contribution in [0, 0.1) is 5.92 Å². The fourth-order valence-electron chi connectivity index (χ4n) is 12.9. The van der Waals surface area contributed by atoms with Crippen molar-refractivity contribution in [3.8, 4) is 0 Å². The number of amides is 13. The van der Waals surface area contributed by atoms with Gasteiger partial charge in [0, 0.05) is 63.9 Å². The highest BCUT2D eigenvalue weighted by Gasteiger charge is 2.44. The number of aliphatic imine (C=N–C) groups is 2. The van der Waals surface area contributed by atoms with E-state index in [9.17, 15) is 90.5 Å². The number of unbranched alkanes of at least 4 members (excludes halogenated alkanes) is 1. The van der Waals surface area contributed by atoms with E-state index in [4.69, 9.17) is 50.0 Å². The van der Waals surface area contributed by atoms with Gasteiger partial charge in [0.1, 0.15) is 66.5 Å². The number of primary amides is 1. The Hall–Kier alpha value is -11.0. The maximum Gasteiger partial charge on any atom is 0.490 e. The molecule has 3 saturated heterocycles. The van der Waals surface area contributed by atoms with Crippen molar-refractivity contribution in [3.63, 3.8) is 0 Å². The van der Waals surface area contributed by atoms with E-state index in [1.807, 2.05) is 6.26 Å². The SMILES string of the molecule is CSCC[C@H](NC(=O)[C@@H]1CCCN1C(=O)CNC(=O)[C@H](CCCCN)NC(=O)[C@H](Cc1cnc[nH]1)NC(=O)[C@H](CO)NC(=O)[C@H](CC(C)C)NC(=O)[C@H](CCCN=C(N)N)NC(=O)[C@@H]1CCCN1C(=O)[C@H](CCCN=C(N)N)NC(=O)[C@@H](N)CCC(N)=O)C(=O)N1CCC[C@H]1C(=O)N[C@@H](Cc1ccccc1)C(=O)O.O=C(O)C(F)(F)F. The number of thioether (sulfide) groups is 1. The lowest BCUT2D eigenvalue weighted by molar-refractivity contribution is -0.192. The summed E-state index contributed by atoms with van der Waals surface area (Å²) < 4.78 is 31.7. The van der Waals surface area contributed by atoms with Crippen molar-refractivity contribution in [1.82, 2.24) is 72.5 Å². The first-order valence-corrected chi connectivity index (χ1v) is 39.4. The number of nitrogens with zero attached hydrogens (tertiary/aromatic N) is 6. The molecular formula is C71H112F3N23O18S. The average Bonchev–Trinajstić information content (AvgIpc) is 1.59. The summed E-state index contributed by atoms with van der Waals surface area (Å²) >= 11 is 1.42. The molecule has 41 nitrogen and oxygen atoms in total. The summed E-state index contributed by atoms with van der Waals surface area (Å²) in [6.45, 7) is 2.46. The number of hydrogen-bond acceptors (Lipinski definition) is 22. The van der Waals surface area contributed by atoms with Gasteiger partial charge in [-0.05, 0) is 133 Å². The third-order valence-corrected chi connectivity index (χ3v) is 19.5. The first-order chi connectivity index (χ1) is 54.9. The Balaban J connectivity index is 0.00000386. The third-order valence-electron chi connectivity index (χ3n) is 18.9. The number of alkyl halides is 3. The van der Waals surface area contributed by atoms with E-state index < -0.39 is 181 Å². The van der Waals surface area contributed by atoms with Crippen LogP contribution < -0.4 is 88.0 Å². The van der Waals surface area contributed by atoms with Crippen LogP contribution in [0.4, 0.5) is 13.2 Å². The van der Waals surface area contributed by atoms with Gasteiger partial charge in [-0.2, -0.15) is 24.9 Å². The molecule has 4 heterocycles. The van der Waals surface area contributed by atoms with Crippen LogP contribution in [0.25, 0.3) is 0 Å². The first-order valence-electron chi connectivity index (χ1n) is 38.0. The molecule has 116 heavy (non-hydrogen) atoms. The maximum atomic E-state index is 14.5. The zero-order chi connectivity index (χ0) is 86.4. The normalized spacial score (nSPS) is 17.4. The molecule has 0 radical (unpaired) electrons. The number of guanidine groups is 2. The number of carbonyl (C=O) groups is 15. The lowest BCUT2D eigenvalue weighted by atomic mass is 10.0. The van der Waals surface area contributed by atoms with Crippen molar-refractivity contribution in [2.45, 2.75) is 215 Å². The molecule has 3 aliphatic rings. The van der Waals surface area contributed by atoms with Crippen LogP contribution >= 0.6 is 11.8 Å². The van der Waals surface area contributed by atoms with E-state index in [1.165, 1.54) is 39.0 Å². The van der Waals surface area contributed by atoms with Gasteiger partial charge in [0.25, 0.3) is 0 Å². The van der Waals surface area contributed by atoms with Crippen LogP contribution in [-0.4, -0.2) is 284 Å². The molecule has 12 atom stereocenters. The summed E-state index contributed by atoms with van der Waals surface area (Å²) in [6, 6.07) is -6.85. The minimum atomic E-state index is -5.08. The smallest absolute Gasteiger partial charge is 0.480 e. The van der Waals surface area contributed by atoms with Crippen molar-refractivity contribution in [1.29, 1.82) is 0 Å². The summed E-state index contributed by atoms with van der Waals surface area (Å²) in [5.74, 6) is -14.4. The van der Waals surface area contributed by atoms with Crippen LogP contribution in [0.15, 0.2) is 52.8 Å². The number of carboxylic acid groups (broad SMARTS) is 2. The Morgan fingerprint density at radius 2 is 1.03 bits per heavy atom. The monoisotopic (exact) mass is 1660 g/mol. The molecule has 646 valence electrons. The second-order valence-electron chi connectivity index (χ2n) is 28.3. The van der Waals surface area contributed by atoms with Gasteiger partial charge in [0.05, 0.1) is 25.5 Å². The van der Waals surface area contributed by atoms with Crippen molar-refractivity contribution in [2.24, 2.45) is 56.0 Å². The Bertz CT molecular complexity index is 3690. The molecule has 0 bridgehead atoms. The van der Waals surface area contributed by atoms with Crippen molar-refractivity contribution >= 4 is 112 Å². The average molecular weight is 1660 g/mol. The van der Waals surface area contributed by atoms with E-state index in [1.54, 1.807) is 44.2 Å². The molecule has 27 N–H and O–H groups in total. The summed E-state index contributed by atoms with van der Waals surface area (Å²) in [6.07, 6.45) is 1.61. The minimum absolute atomic E-state index is 0.00202. The molecule has 3 aliphatic heterocycles. The standard InChI is InChI=1S/C69H111N23O16S.C2HF3O2/c1-39(2)32-47(86-58(98)44(17-9-26-78-68(73)74)83-63(103)52-20-12-29-91(52)65(105)45(18-10-27-79-69(75)76)84-56(96)42(71)22-23-54(72)94)59(99)89-50(37-93)61(101)87-48(34-41-35-77-38-81-41)60(100)82-43(16-7-8-25-70)57(97)80-36-55(95)90-28-11-19-51(90)62(102)85-46(24-31-109-3)66(106)92-30-13-21-53(92)64(104)88-49(67(107)108)33-40-14-5-4-6-15-40;3-2(4,5)1(6)7/h4-6,14-15,35,38-39,42-53,93H,7-13,16-34,36-37,70-71H2,1-3H3,(H2,72,94)(H,77,81)(H,80,97)(H,82,100)(H,83,103)(H,84,96)(H,85,102)(H,86,98)(H,87,101)(H,88,104)(H,89,99)(H,107,108)(H4,73,74,78)(H4,75,76,79);(H,6,7)/t42-,43-,44-,45-,46-,47-,48-,49-,50-,51-,52-,53-;/m0./s1. The molecule has 13 amide bonds. The summed E-state index contributed by atoms with van der Waals surface area (Å²) in [5, 5.41) is 51.5. The number of benzene rings is 1. The number of hydrogen-bond donors (Lipinski definition) is 20. The fraction of sp³-hybridized carbons (Fsp3) is 0.634. The summed E-state index contributed by atoms with van der Waals surface area (Å²) in [7, 11) is 0. The van der Waals surface area contributed by atoms with E-state index in [2.05, 4.69) is 67.8 Å². The summed E-state index contributed by atoms with van der Waals surface area (Å²) in [4.78, 5) is 221. The fourth-order valence-corrected chi connectivity index (χ4v) is 13.4. The number of nitrogens with one attached hydrogen (secondary N) is 10. The molecule has 0 aliphatic carbocycles. The quantitative estimate of drug-likeness (QED) is 0.0167. The molecule has 2 aromatic rings. The van der Waals surface area contributed by atoms with Crippen molar-refractivity contribution < 1.29 is 100 Å². The largest absolute Gasteiger partial charge is 0.490 e. The Morgan fingerprint density at radius 1 is 0.578 bits per heavy atom. The number of aliphatic hydroxyl groups excluding tert-OH is 1. The molecule has 1 aromatic carbocycles. The van der Waals surface area contributed by atoms with Gasteiger partial charge in [-0.3, -0.25) is 72.3 Å². The molecule has 0 spiro atoms. The third kappa shape index (κ3) is 33.5. The van der Waals surface area contributed by atoms with Gasteiger partial charge in [-0.25, -0.2) is 14.6 Å². The zero-order valence-corrected chi connectivity index (χ0v) is 65.9. The van der Waals surface area contributed by atoms with Crippen LogP contribution in [0.1, 0.15) is 134 Å². The molecule has 5 rings (SSSR count). The first kappa shape index (κ1) is 97.4. The topological polar surface area (TPSA) is 670 Å². The number of imidazole rings is 1. The van der Waals surface area contributed by atoms with Gasteiger partial charge in [0.2, 0.25) is 76.8 Å². The van der Waals surface area contributed by atoms with Gasteiger partial charge >= 0.3 is 18.1 Å².